The van der Waals surface area contributed by atoms with Crippen molar-refractivity contribution in [3.8, 4) is 22.8 Å². The van der Waals surface area contributed by atoms with Gasteiger partial charge in [0.05, 0.1) is 58.4 Å². The molecule has 1 aromatic carbocycles. The van der Waals surface area contributed by atoms with E-state index in [0.717, 1.165) is 51.7 Å². The Hall–Kier alpha value is -4.80. The van der Waals surface area contributed by atoms with Gasteiger partial charge >= 0.3 is 11.9 Å². The first kappa shape index (κ1) is 33.1. The van der Waals surface area contributed by atoms with E-state index in [-0.39, 0.29) is 25.8 Å². The monoisotopic (exact) mass is 646 g/mol. The third kappa shape index (κ3) is 7.05. The van der Waals surface area contributed by atoms with Crippen LogP contribution < -0.4 is 0 Å². The van der Waals surface area contributed by atoms with E-state index < -0.39 is 18.0 Å². The Labute approximate surface area is 281 Å². The number of ether oxygens (including phenoxy) is 2. The molecule has 10 nitrogen and oxygen atoms in total. The summed E-state index contributed by atoms with van der Waals surface area (Å²) in [4.78, 5) is 51.2. The first-order valence-corrected chi connectivity index (χ1v) is 16.9. The summed E-state index contributed by atoms with van der Waals surface area (Å²) in [6.45, 7) is 9.90. The van der Waals surface area contributed by atoms with E-state index in [1.54, 1.807) is 13.8 Å². The fraction of sp³-hybridized carbons (Fsp3) is 0.368. The Morgan fingerprint density at radius 2 is 1.04 bits per heavy atom. The summed E-state index contributed by atoms with van der Waals surface area (Å²) in [6, 6.07) is 23.0. The van der Waals surface area contributed by atoms with Crippen LogP contribution in [0.25, 0.3) is 44.6 Å². The second kappa shape index (κ2) is 15.0. The van der Waals surface area contributed by atoms with Crippen LogP contribution in [0.3, 0.4) is 0 Å². The fourth-order valence-corrected chi connectivity index (χ4v) is 6.48. The quantitative estimate of drug-likeness (QED) is 0.110. The molecule has 1 aliphatic rings. The number of esters is 2. The molecule has 6 rings (SSSR count). The lowest BCUT2D eigenvalue weighted by atomic mass is 10.1. The molecule has 48 heavy (non-hydrogen) atoms. The van der Waals surface area contributed by atoms with Gasteiger partial charge in [-0.2, -0.15) is 0 Å². The number of pyridine rings is 4. The molecule has 8 bridgehead atoms. The van der Waals surface area contributed by atoms with Crippen molar-refractivity contribution in [2.75, 3.05) is 26.3 Å². The zero-order chi connectivity index (χ0) is 33.6. The highest BCUT2D eigenvalue weighted by Crippen LogP contribution is 2.28. The predicted molar refractivity (Wildman–Crippen MR) is 186 cm³/mol. The Kier molecular flexibility index (Phi) is 10.3. The molecule has 10 heteroatoms. The molecule has 0 N–H and O–H groups in total. The number of fused-ring (bicyclic) bond motifs is 8. The van der Waals surface area contributed by atoms with E-state index in [4.69, 9.17) is 29.4 Å². The normalized spacial score (nSPS) is 14.2. The number of benzene rings is 1. The molecule has 0 aliphatic carbocycles. The van der Waals surface area contributed by atoms with Crippen molar-refractivity contribution in [1.82, 2.24) is 29.7 Å². The third-order valence-corrected chi connectivity index (χ3v) is 8.91. The van der Waals surface area contributed by atoms with Gasteiger partial charge < -0.3 is 9.47 Å². The third-order valence-electron chi connectivity index (χ3n) is 8.91. The molecule has 5 aromatic rings. The van der Waals surface area contributed by atoms with Gasteiger partial charge in [0.15, 0.2) is 0 Å². The first-order chi connectivity index (χ1) is 23.4. The Morgan fingerprint density at radius 3 is 1.52 bits per heavy atom. The van der Waals surface area contributed by atoms with E-state index in [0.29, 0.717) is 36.7 Å². The maximum absolute atomic E-state index is 13.4. The van der Waals surface area contributed by atoms with E-state index in [1.807, 2.05) is 59.5 Å². The second-order valence-corrected chi connectivity index (χ2v) is 11.9. The fourth-order valence-electron chi connectivity index (χ4n) is 6.48. The molecule has 0 fully saturated rings. The van der Waals surface area contributed by atoms with Crippen LogP contribution in [0.1, 0.15) is 51.9 Å². The van der Waals surface area contributed by atoms with Crippen LogP contribution in [-0.2, 0) is 32.2 Å². The highest BCUT2D eigenvalue weighted by molar-refractivity contribution is 6.04. The molecule has 0 unspecified atom stereocenters. The number of carbonyl (C=O) groups is 2. The van der Waals surface area contributed by atoms with Crippen molar-refractivity contribution in [2.24, 2.45) is 0 Å². The SMILES string of the molecule is CCOC(=O)C(C(=O)OCC)N1CCN(C(CC)CC)Cc2cccc(n2)-c2ccc3ccc4ccc(nc4c3n2)-c2cccc(n2)C1. The van der Waals surface area contributed by atoms with Gasteiger partial charge in [0.1, 0.15) is 0 Å². The van der Waals surface area contributed by atoms with E-state index >= 15 is 0 Å². The van der Waals surface area contributed by atoms with Gasteiger partial charge in [-0.1, -0.05) is 50.2 Å². The average molecular weight is 647 g/mol. The highest BCUT2D eigenvalue weighted by atomic mass is 16.6. The number of aromatic nitrogens is 4. The number of rotatable bonds is 8. The largest absolute Gasteiger partial charge is 0.464 e. The molecule has 0 spiro atoms. The topological polar surface area (TPSA) is 111 Å². The van der Waals surface area contributed by atoms with Gasteiger partial charge in [-0.3, -0.25) is 9.80 Å². The number of hydrogen-bond acceptors (Lipinski definition) is 10. The van der Waals surface area contributed by atoms with Crippen LogP contribution in [-0.4, -0.2) is 80.1 Å². The van der Waals surface area contributed by atoms with Crippen molar-refractivity contribution in [3.63, 3.8) is 0 Å². The summed E-state index contributed by atoms with van der Waals surface area (Å²) in [6.07, 6.45) is 1.87. The molecular formula is C38H42N6O4. The summed E-state index contributed by atoms with van der Waals surface area (Å²) in [5.41, 5.74) is 6.12. The van der Waals surface area contributed by atoms with Crippen LogP contribution in [0.4, 0.5) is 0 Å². The van der Waals surface area contributed by atoms with Gasteiger partial charge in [0.25, 0.3) is 0 Å². The first-order valence-electron chi connectivity index (χ1n) is 16.9. The zero-order valence-electron chi connectivity index (χ0n) is 28.1. The summed E-state index contributed by atoms with van der Waals surface area (Å²) in [5.74, 6) is -1.27. The van der Waals surface area contributed by atoms with Crippen LogP contribution >= 0.6 is 0 Å². The molecule has 1 aliphatic heterocycles. The van der Waals surface area contributed by atoms with Crippen molar-refractivity contribution in [2.45, 2.75) is 65.7 Å². The predicted octanol–water partition coefficient (Wildman–Crippen LogP) is 6.21. The van der Waals surface area contributed by atoms with Crippen LogP contribution in [0, 0.1) is 0 Å². The Balaban J connectivity index is 1.53. The Morgan fingerprint density at radius 1 is 0.604 bits per heavy atom. The Bertz CT molecular complexity index is 1910. The van der Waals surface area contributed by atoms with E-state index in [9.17, 15) is 9.59 Å². The molecule has 4 aromatic heterocycles. The number of carbonyl (C=O) groups excluding carboxylic acids is 2. The maximum atomic E-state index is 13.4. The molecule has 0 saturated heterocycles. The van der Waals surface area contributed by atoms with Gasteiger partial charge in [-0.05, 0) is 63.1 Å². The molecule has 0 radical (unpaired) electrons. The molecule has 5 heterocycles. The number of hydrogen-bond donors (Lipinski definition) is 0. The number of nitrogens with zero attached hydrogens (tertiary/aromatic N) is 6. The van der Waals surface area contributed by atoms with Crippen molar-refractivity contribution >= 4 is 33.7 Å². The standard InChI is InChI=1S/C38H42N6O4/c1-5-29(6-2)43-21-22-44(36(37(45)47-7-3)38(46)48-8-4)24-28-12-10-14-31(40-28)33-20-18-26-16-15-25-17-19-32(41-34(25)35(26)42-33)30-13-9-11-27(23-43)39-30/h9-20,29,36H,5-8,21-24H2,1-4H3. The van der Waals surface area contributed by atoms with E-state index in [1.165, 1.54) is 0 Å². The van der Waals surface area contributed by atoms with Crippen molar-refractivity contribution < 1.29 is 19.1 Å². The summed E-state index contributed by atoms with van der Waals surface area (Å²) < 4.78 is 10.8. The van der Waals surface area contributed by atoms with Gasteiger partial charge in [-0.25, -0.2) is 29.5 Å². The minimum absolute atomic E-state index is 0.149. The lowest BCUT2D eigenvalue weighted by Gasteiger charge is -2.34. The smallest absolute Gasteiger partial charge is 0.335 e. The lowest BCUT2D eigenvalue weighted by molar-refractivity contribution is -0.164. The van der Waals surface area contributed by atoms with Crippen LogP contribution in [0.2, 0.25) is 0 Å². The second-order valence-electron chi connectivity index (χ2n) is 11.9. The van der Waals surface area contributed by atoms with Crippen molar-refractivity contribution in [3.05, 3.63) is 84.2 Å². The van der Waals surface area contributed by atoms with Gasteiger partial charge in [-0.15, -0.1) is 0 Å². The molecule has 0 saturated carbocycles. The van der Waals surface area contributed by atoms with Crippen LogP contribution in [0.15, 0.2) is 72.8 Å². The zero-order valence-corrected chi connectivity index (χ0v) is 28.1. The molecule has 0 amide bonds. The molecule has 248 valence electrons. The highest BCUT2D eigenvalue weighted by Gasteiger charge is 2.36. The van der Waals surface area contributed by atoms with E-state index in [2.05, 4.69) is 36.9 Å². The minimum Gasteiger partial charge on any atom is -0.464 e. The maximum Gasteiger partial charge on any atom is 0.335 e. The molecule has 0 atom stereocenters. The lowest BCUT2D eigenvalue weighted by Crippen LogP contribution is -2.51. The van der Waals surface area contributed by atoms with Crippen LogP contribution in [0.5, 0.6) is 0 Å². The minimum atomic E-state index is -1.24. The van der Waals surface area contributed by atoms with Gasteiger partial charge in [0, 0.05) is 43.0 Å². The average Bonchev–Trinajstić information content (AvgIpc) is 3.10. The summed E-state index contributed by atoms with van der Waals surface area (Å²) >= 11 is 0. The van der Waals surface area contributed by atoms with Crippen molar-refractivity contribution in [1.29, 1.82) is 0 Å². The summed E-state index contributed by atoms with van der Waals surface area (Å²) in [5, 5.41) is 1.96. The summed E-state index contributed by atoms with van der Waals surface area (Å²) in [7, 11) is 0. The van der Waals surface area contributed by atoms with Gasteiger partial charge in [0.2, 0.25) is 6.04 Å². The molecular weight excluding hydrogens is 604 g/mol.